The molecule has 10 heteroatoms. The zero-order valence-electron chi connectivity index (χ0n) is 15.3. The molecule has 27 heavy (non-hydrogen) atoms. The fraction of sp³-hybridized carbons (Fsp3) is 0.882. The highest BCUT2D eigenvalue weighted by molar-refractivity contribution is 5.87. The van der Waals surface area contributed by atoms with Crippen LogP contribution in [0, 0.1) is 0 Å². The lowest BCUT2D eigenvalue weighted by atomic mass is 10.1. The summed E-state index contributed by atoms with van der Waals surface area (Å²) in [5, 5.41) is 0. The minimum Gasteiger partial charge on any atom is -0.371 e. The van der Waals surface area contributed by atoms with Crippen LogP contribution in [0.2, 0.25) is 0 Å². The lowest BCUT2D eigenvalue weighted by Gasteiger charge is -2.39. The molecule has 0 N–H and O–H groups in total. The van der Waals surface area contributed by atoms with Gasteiger partial charge in [0.05, 0.1) is 77.0 Å². The monoisotopic (exact) mass is 380 g/mol. The van der Waals surface area contributed by atoms with Crippen molar-refractivity contribution in [1.82, 2.24) is 19.6 Å². The molecule has 6 aliphatic heterocycles. The third-order valence-electron chi connectivity index (χ3n) is 6.31. The van der Waals surface area contributed by atoms with Crippen molar-refractivity contribution in [3.8, 4) is 0 Å². The molecule has 6 fully saturated rings. The van der Waals surface area contributed by atoms with E-state index in [1.54, 1.807) is 0 Å². The number of carbonyl (C=O) groups excluding carboxylic acids is 2. The Hall–Kier alpha value is -1.62. The fourth-order valence-corrected chi connectivity index (χ4v) is 4.51. The van der Waals surface area contributed by atoms with Crippen molar-refractivity contribution in [1.29, 1.82) is 0 Å². The lowest BCUT2D eigenvalue weighted by molar-refractivity contribution is 0.0204. The first-order valence-electron chi connectivity index (χ1n) is 9.68. The zero-order chi connectivity index (χ0) is 18.3. The Morgan fingerprint density at radius 1 is 0.741 bits per heavy atom. The molecule has 0 aromatic carbocycles. The highest BCUT2D eigenvalue weighted by atomic mass is 16.6. The highest BCUT2D eigenvalue weighted by Crippen LogP contribution is 2.45. The normalized spacial score (nSPS) is 44.3. The molecule has 148 valence electrons. The van der Waals surface area contributed by atoms with Crippen LogP contribution < -0.4 is 0 Å². The first kappa shape index (κ1) is 16.3. The molecule has 0 aliphatic carbocycles. The molecular weight excluding hydrogens is 356 g/mol. The second kappa shape index (κ2) is 5.47. The summed E-state index contributed by atoms with van der Waals surface area (Å²) in [4.78, 5) is 34.0. The number of carbonyl (C=O) groups is 2. The fourth-order valence-electron chi connectivity index (χ4n) is 4.51. The van der Waals surface area contributed by atoms with Gasteiger partial charge >= 0.3 is 12.1 Å². The summed E-state index contributed by atoms with van der Waals surface area (Å²) in [5.41, 5.74) is -0.754. The molecule has 4 unspecified atom stereocenters. The quantitative estimate of drug-likeness (QED) is 0.506. The minimum atomic E-state index is -0.754. The molecule has 10 nitrogen and oxygen atoms in total. The van der Waals surface area contributed by atoms with E-state index < -0.39 is 5.66 Å². The van der Waals surface area contributed by atoms with Crippen LogP contribution >= 0.6 is 0 Å². The van der Waals surface area contributed by atoms with Crippen LogP contribution in [0.3, 0.4) is 0 Å². The van der Waals surface area contributed by atoms with Crippen molar-refractivity contribution in [2.75, 3.05) is 52.6 Å². The summed E-state index contributed by atoms with van der Waals surface area (Å²) in [7, 11) is 0. The minimum absolute atomic E-state index is 0.0515. The predicted octanol–water partition coefficient (Wildman–Crippen LogP) is -0.901. The maximum absolute atomic E-state index is 13.4. The Bertz CT molecular complexity index is 622. The van der Waals surface area contributed by atoms with E-state index in [1.165, 1.54) is 0 Å². The largest absolute Gasteiger partial charge is 0.371 e. The number of fused-ring (bicyclic) bond motifs is 1. The van der Waals surface area contributed by atoms with Gasteiger partial charge in [-0.25, -0.2) is 9.59 Å². The van der Waals surface area contributed by atoms with E-state index in [0.717, 1.165) is 0 Å². The van der Waals surface area contributed by atoms with Crippen molar-refractivity contribution in [2.45, 2.75) is 43.2 Å². The molecule has 0 saturated carbocycles. The number of rotatable bonds is 8. The van der Waals surface area contributed by atoms with Gasteiger partial charge in [-0.15, -0.1) is 0 Å². The van der Waals surface area contributed by atoms with Gasteiger partial charge in [0, 0.05) is 0 Å². The third-order valence-corrected chi connectivity index (χ3v) is 6.31. The molecule has 0 spiro atoms. The summed E-state index contributed by atoms with van der Waals surface area (Å²) in [6.07, 6.45) is -0.129. The molecule has 0 aromatic rings. The van der Waals surface area contributed by atoms with Crippen LogP contribution in [0.15, 0.2) is 0 Å². The topological polar surface area (TPSA) is 97.2 Å². The Balaban J connectivity index is 1.38. The molecule has 6 saturated heterocycles. The summed E-state index contributed by atoms with van der Waals surface area (Å²) < 4.78 is 21.6. The van der Waals surface area contributed by atoms with Gasteiger partial charge in [0.15, 0.2) is 11.8 Å². The number of amides is 4. The molecule has 0 bridgehead atoms. The van der Waals surface area contributed by atoms with E-state index in [2.05, 4.69) is 0 Å². The summed E-state index contributed by atoms with van der Waals surface area (Å²) in [6.45, 7) is 6.66. The average Bonchev–Trinajstić information content (AvgIpc) is 3.49. The van der Waals surface area contributed by atoms with E-state index in [9.17, 15) is 9.59 Å². The van der Waals surface area contributed by atoms with Gasteiger partial charge in [-0.3, -0.25) is 19.6 Å². The second-order valence-corrected chi connectivity index (χ2v) is 8.38. The zero-order valence-corrected chi connectivity index (χ0v) is 15.3. The molecule has 0 radical (unpaired) electrons. The van der Waals surface area contributed by atoms with Crippen LogP contribution in [0.25, 0.3) is 0 Å². The number of nitrogens with zero attached hydrogens (tertiary/aromatic N) is 4. The number of hydrogen-bond donors (Lipinski definition) is 0. The van der Waals surface area contributed by atoms with E-state index in [-0.39, 0.29) is 42.6 Å². The van der Waals surface area contributed by atoms with Crippen molar-refractivity contribution < 1.29 is 28.5 Å². The van der Waals surface area contributed by atoms with Crippen molar-refractivity contribution >= 4 is 12.1 Å². The van der Waals surface area contributed by atoms with Crippen LogP contribution in [-0.2, 0) is 18.9 Å². The standard InChI is InChI=1S/C17H24N4O6/c1-17-14(18(2-10-6-24-10)15(22)20(17)4-12-8-26-12)19(3-11-7-25-11)16(23)21(17)5-13-9-27-13/h10-14H,2-9H2,1H3. The van der Waals surface area contributed by atoms with Gasteiger partial charge in [-0.05, 0) is 6.92 Å². The predicted molar refractivity (Wildman–Crippen MR) is 88.8 cm³/mol. The molecule has 4 atom stereocenters. The molecule has 6 heterocycles. The first-order chi connectivity index (χ1) is 13.1. The van der Waals surface area contributed by atoms with Gasteiger partial charge in [0.25, 0.3) is 0 Å². The Kier molecular flexibility index (Phi) is 3.31. The van der Waals surface area contributed by atoms with Crippen LogP contribution in [-0.4, -0.2) is 121 Å². The summed E-state index contributed by atoms with van der Waals surface area (Å²) in [6, 6.07) is -0.103. The van der Waals surface area contributed by atoms with E-state index in [1.807, 2.05) is 26.5 Å². The van der Waals surface area contributed by atoms with Crippen molar-refractivity contribution in [2.24, 2.45) is 0 Å². The number of urea groups is 2. The molecule has 4 amide bonds. The second-order valence-electron chi connectivity index (χ2n) is 8.38. The number of epoxide rings is 4. The van der Waals surface area contributed by atoms with E-state index in [0.29, 0.717) is 52.6 Å². The Morgan fingerprint density at radius 2 is 1.07 bits per heavy atom. The molecule has 6 aliphatic rings. The Labute approximate surface area is 156 Å². The maximum Gasteiger partial charge on any atom is 0.323 e. The van der Waals surface area contributed by atoms with Gasteiger partial charge in [0.1, 0.15) is 0 Å². The summed E-state index contributed by atoms with van der Waals surface area (Å²) >= 11 is 0. The molecule has 0 aromatic heterocycles. The maximum atomic E-state index is 13.4. The van der Waals surface area contributed by atoms with Gasteiger partial charge in [-0.1, -0.05) is 0 Å². The van der Waals surface area contributed by atoms with E-state index in [4.69, 9.17) is 18.9 Å². The molecular formula is C17H24N4O6. The van der Waals surface area contributed by atoms with Crippen LogP contribution in [0.4, 0.5) is 9.59 Å². The van der Waals surface area contributed by atoms with Crippen LogP contribution in [0.1, 0.15) is 6.92 Å². The highest BCUT2D eigenvalue weighted by Gasteiger charge is 2.68. The smallest absolute Gasteiger partial charge is 0.323 e. The number of hydrogen-bond acceptors (Lipinski definition) is 6. The van der Waals surface area contributed by atoms with Gasteiger partial charge in [0.2, 0.25) is 0 Å². The van der Waals surface area contributed by atoms with Crippen molar-refractivity contribution in [3.63, 3.8) is 0 Å². The van der Waals surface area contributed by atoms with E-state index >= 15 is 0 Å². The Morgan fingerprint density at radius 3 is 1.41 bits per heavy atom. The van der Waals surface area contributed by atoms with Gasteiger partial charge in [-0.2, -0.15) is 0 Å². The van der Waals surface area contributed by atoms with Gasteiger partial charge < -0.3 is 18.9 Å². The molecule has 6 rings (SSSR count). The number of ether oxygens (including phenoxy) is 4. The average molecular weight is 380 g/mol. The lowest BCUT2D eigenvalue weighted by Crippen LogP contribution is -2.59. The SMILES string of the molecule is CC12C(N(CC3CO3)C(=O)N1CC1CO1)N(CC1CO1)C(=O)N2CC1CO1. The first-order valence-corrected chi connectivity index (χ1v) is 9.68. The van der Waals surface area contributed by atoms with Crippen LogP contribution in [0.5, 0.6) is 0 Å². The third kappa shape index (κ3) is 2.61. The summed E-state index contributed by atoms with van der Waals surface area (Å²) in [5.74, 6) is 0. The van der Waals surface area contributed by atoms with Crippen molar-refractivity contribution in [3.05, 3.63) is 0 Å².